The lowest BCUT2D eigenvalue weighted by Gasteiger charge is -2.21. The molecule has 0 N–H and O–H groups in total. The molecule has 0 bridgehead atoms. The Kier molecular flexibility index (Phi) is 6.19. The van der Waals surface area contributed by atoms with Crippen LogP contribution in [0.15, 0.2) is 15.9 Å². The van der Waals surface area contributed by atoms with E-state index in [1.807, 2.05) is 0 Å². The van der Waals surface area contributed by atoms with Crippen LogP contribution in [0.3, 0.4) is 0 Å². The fourth-order valence-corrected chi connectivity index (χ4v) is 2.98. The van der Waals surface area contributed by atoms with Crippen molar-refractivity contribution in [3.63, 3.8) is 0 Å². The van der Waals surface area contributed by atoms with Crippen molar-refractivity contribution in [2.45, 2.75) is 27.3 Å². The molecule has 0 radical (unpaired) electrons. The molecule has 10 nitrogen and oxygen atoms in total. The Morgan fingerprint density at radius 2 is 1.63 bits per heavy atom. The van der Waals surface area contributed by atoms with Gasteiger partial charge >= 0.3 is 17.6 Å². The minimum atomic E-state index is -1.13. The van der Waals surface area contributed by atoms with Gasteiger partial charge in [-0.2, -0.15) is 0 Å². The second-order valence-electron chi connectivity index (χ2n) is 6.23. The minimum Gasteiger partial charge on any atom is -0.465 e. The van der Waals surface area contributed by atoms with Crippen LogP contribution in [0.2, 0.25) is 0 Å². The molecule has 10 heteroatoms. The van der Waals surface area contributed by atoms with Crippen LogP contribution in [0.5, 0.6) is 0 Å². The summed E-state index contributed by atoms with van der Waals surface area (Å²) in [5.74, 6) is -3.00. The van der Waals surface area contributed by atoms with Crippen LogP contribution in [-0.4, -0.2) is 43.8 Å². The molecule has 27 heavy (non-hydrogen) atoms. The Morgan fingerprint density at radius 1 is 1.07 bits per heavy atom. The number of carbonyl (C=O) groups is 2. The van der Waals surface area contributed by atoms with Crippen LogP contribution in [0.4, 0.5) is 0 Å². The van der Waals surface area contributed by atoms with Crippen LogP contribution < -0.4 is 11.2 Å². The van der Waals surface area contributed by atoms with Gasteiger partial charge in [0.15, 0.2) is 17.1 Å². The zero-order valence-corrected chi connectivity index (χ0v) is 16.1. The van der Waals surface area contributed by atoms with E-state index in [-0.39, 0.29) is 30.9 Å². The van der Waals surface area contributed by atoms with Gasteiger partial charge in [0.05, 0.1) is 19.5 Å². The average molecular weight is 380 g/mol. The highest BCUT2D eigenvalue weighted by Gasteiger charge is 2.35. The quantitative estimate of drug-likeness (QED) is 0.483. The van der Waals surface area contributed by atoms with Crippen molar-refractivity contribution in [1.82, 2.24) is 18.7 Å². The molecule has 0 saturated carbocycles. The molecule has 0 amide bonds. The number of hydrogen-bond acceptors (Lipinski definition) is 7. The third-order valence-electron chi connectivity index (χ3n) is 4.35. The summed E-state index contributed by atoms with van der Waals surface area (Å²) >= 11 is 0. The molecule has 0 aliphatic rings. The number of aromatic nitrogens is 4. The van der Waals surface area contributed by atoms with Crippen molar-refractivity contribution in [1.29, 1.82) is 0 Å². The van der Waals surface area contributed by atoms with Gasteiger partial charge in [0.2, 0.25) is 0 Å². The molecular formula is C17H24N4O6. The van der Waals surface area contributed by atoms with E-state index in [1.54, 1.807) is 20.8 Å². The van der Waals surface area contributed by atoms with Crippen LogP contribution in [0, 0.1) is 11.8 Å². The molecule has 0 aliphatic heterocycles. The first-order chi connectivity index (χ1) is 12.7. The largest absolute Gasteiger partial charge is 0.465 e. The van der Waals surface area contributed by atoms with Crippen molar-refractivity contribution in [2.24, 2.45) is 25.9 Å². The van der Waals surface area contributed by atoms with Crippen LogP contribution in [-0.2, 0) is 39.7 Å². The molecule has 0 spiro atoms. The maximum absolute atomic E-state index is 12.5. The number of fused-ring (bicyclic) bond motifs is 1. The summed E-state index contributed by atoms with van der Waals surface area (Å²) < 4.78 is 13.8. The van der Waals surface area contributed by atoms with Crippen molar-refractivity contribution in [3.8, 4) is 0 Å². The zero-order chi connectivity index (χ0) is 20.3. The van der Waals surface area contributed by atoms with Crippen molar-refractivity contribution < 1.29 is 19.1 Å². The molecule has 0 saturated heterocycles. The first-order valence-corrected chi connectivity index (χ1v) is 8.68. The van der Waals surface area contributed by atoms with Crippen molar-refractivity contribution >= 4 is 23.1 Å². The summed E-state index contributed by atoms with van der Waals surface area (Å²) in [6.07, 6.45) is 1.41. The molecular weight excluding hydrogens is 356 g/mol. The average Bonchev–Trinajstić information content (AvgIpc) is 3.02. The van der Waals surface area contributed by atoms with E-state index in [9.17, 15) is 19.2 Å². The maximum atomic E-state index is 12.5. The van der Waals surface area contributed by atoms with E-state index in [0.29, 0.717) is 0 Å². The number of rotatable bonds is 7. The Labute approximate surface area is 155 Å². The molecule has 0 aliphatic carbocycles. The van der Waals surface area contributed by atoms with Gasteiger partial charge in [-0.05, 0) is 19.8 Å². The minimum absolute atomic E-state index is 0.137. The van der Waals surface area contributed by atoms with Gasteiger partial charge in [-0.25, -0.2) is 9.78 Å². The predicted molar refractivity (Wildman–Crippen MR) is 96.1 cm³/mol. The Morgan fingerprint density at radius 3 is 2.15 bits per heavy atom. The first-order valence-electron chi connectivity index (χ1n) is 8.68. The van der Waals surface area contributed by atoms with Crippen LogP contribution in [0.25, 0.3) is 11.2 Å². The van der Waals surface area contributed by atoms with E-state index in [2.05, 4.69) is 4.98 Å². The smallest absolute Gasteiger partial charge is 0.332 e. The molecule has 148 valence electrons. The predicted octanol–water partition coefficient (Wildman–Crippen LogP) is -0.188. The summed E-state index contributed by atoms with van der Waals surface area (Å²) in [6, 6.07) is 0. The summed E-state index contributed by atoms with van der Waals surface area (Å²) in [6.45, 7) is 5.41. The monoisotopic (exact) mass is 380 g/mol. The molecule has 0 aromatic carbocycles. The van der Waals surface area contributed by atoms with Gasteiger partial charge in [0.25, 0.3) is 5.56 Å². The van der Waals surface area contributed by atoms with Gasteiger partial charge < -0.3 is 14.0 Å². The van der Waals surface area contributed by atoms with Crippen LogP contribution >= 0.6 is 0 Å². The maximum Gasteiger partial charge on any atom is 0.332 e. The zero-order valence-electron chi connectivity index (χ0n) is 16.1. The summed E-state index contributed by atoms with van der Waals surface area (Å²) in [5.41, 5.74) is -0.527. The van der Waals surface area contributed by atoms with Gasteiger partial charge in [-0.15, -0.1) is 0 Å². The fourth-order valence-electron chi connectivity index (χ4n) is 2.98. The number of ether oxygens (including phenoxy) is 2. The number of nitrogens with zero attached hydrogens (tertiary/aromatic N) is 4. The number of imidazole rings is 1. The highest BCUT2D eigenvalue weighted by atomic mass is 16.6. The molecule has 0 fully saturated rings. The third kappa shape index (κ3) is 3.79. The van der Waals surface area contributed by atoms with Crippen molar-refractivity contribution in [2.75, 3.05) is 13.2 Å². The van der Waals surface area contributed by atoms with Gasteiger partial charge in [-0.1, -0.05) is 6.92 Å². The standard InChI is InChI=1S/C17H24N4O6/c1-6-26-15(23)11(16(24)27-7-2)10(3)8-21-9-18-13-12(21)14(22)20(5)17(25)19(13)4/h9-11H,6-8H2,1-5H3/t10-/m0/s1. The van der Waals surface area contributed by atoms with Crippen molar-refractivity contribution in [3.05, 3.63) is 27.2 Å². The third-order valence-corrected chi connectivity index (χ3v) is 4.35. The lowest BCUT2D eigenvalue weighted by atomic mass is 9.94. The highest BCUT2D eigenvalue weighted by molar-refractivity contribution is 5.95. The number of esters is 2. The summed E-state index contributed by atoms with van der Waals surface area (Å²) in [4.78, 5) is 53.2. The van der Waals surface area contributed by atoms with E-state index in [1.165, 1.54) is 29.6 Å². The van der Waals surface area contributed by atoms with Gasteiger partial charge in [0, 0.05) is 20.6 Å². The van der Waals surface area contributed by atoms with E-state index in [0.717, 1.165) is 4.57 Å². The summed E-state index contributed by atoms with van der Waals surface area (Å²) in [5, 5.41) is 0. The Hall–Kier alpha value is -2.91. The fraction of sp³-hybridized carbons (Fsp3) is 0.588. The molecule has 2 heterocycles. The molecule has 1 atom stereocenters. The molecule has 0 unspecified atom stereocenters. The number of hydrogen-bond donors (Lipinski definition) is 0. The molecule has 2 aromatic heterocycles. The second-order valence-corrected chi connectivity index (χ2v) is 6.23. The van der Waals surface area contributed by atoms with E-state index >= 15 is 0 Å². The number of carbonyl (C=O) groups excluding carboxylic acids is 2. The van der Waals surface area contributed by atoms with Crippen LogP contribution in [0.1, 0.15) is 20.8 Å². The SMILES string of the molecule is CCOC(=O)C(C(=O)OCC)[C@@H](C)Cn1cnc2c1c(=O)n(C)c(=O)n2C. The topological polar surface area (TPSA) is 114 Å². The first kappa shape index (κ1) is 20.4. The van der Waals surface area contributed by atoms with Gasteiger partial charge in [-0.3, -0.25) is 23.5 Å². The van der Waals surface area contributed by atoms with Gasteiger partial charge in [0.1, 0.15) is 0 Å². The molecule has 2 rings (SSSR count). The second kappa shape index (κ2) is 8.19. The lowest BCUT2D eigenvalue weighted by molar-refractivity contribution is -0.164. The Bertz CT molecular complexity index is 952. The van der Waals surface area contributed by atoms with E-state index in [4.69, 9.17) is 9.47 Å². The normalized spacial score (nSPS) is 12.4. The highest BCUT2D eigenvalue weighted by Crippen LogP contribution is 2.20. The molecule has 2 aromatic rings. The number of aryl methyl sites for hydroxylation is 1. The summed E-state index contributed by atoms with van der Waals surface area (Å²) in [7, 11) is 2.90. The lowest BCUT2D eigenvalue weighted by Crippen LogP contribution is -2.38. The van der Waals surface area contributed by atoms with E-state index < -0.39 is 35.0 Å². The Balaban J connectivity index is 2.45.